The highest BCUT2D eigenvalue weighted by Crippen LogP contribution is 2.32. The lowest BCUT2D eigenvalue weighted by Gasteiger charge is -2.34. The minimum atomic E-state index is -0.0557. The number of benzene rings is 1. The molecule has 0 saturated carbocycles. The van der Waals surface area contributed by atoms with Gasteiger partial charge in [0, 0.05) is 45.0 Å². The van der Waals surface area contributed by atoms with Crippen LogP contribution in [0.3, 0.4) is 0 Å². The number of ether oxygens (including phenoxy) is 2. The highest BCUT2D eigenvalue weighted by molar-refractivity contribution is 5.92. The van der Waals surface area contributed by atoms with E-state index >= 15 is 0 Å². The first-order valence-corrected chi connectivity index (χ1v) is 9.73. The van der Waals surface area contributed by atoms with Crippen molar-refractivity contribution in [2.24, 2.45) is 0 Å². The van der Waals surface area contributed by atoms with E-state index < -0.39 is 0 Å². The van der Waals surface area contributed by atoms with Crippen molar-refractivity contribution in [1.29, 1.82) is 0 Å². The van der Waals surface area contributed by atoms with E-state index in [0.717, 1.165) is 36.8 Å². The van der Waals surface area contributed by atoms with Crippen molar-refractivity contribution in [1.82, 2.24) is 19.8 Å². The highest BCUT2D eigenvalue weighted by Gasteiger charge is 2.24. The van der Waals surface area contributed by atoms with E-state index in [1.807, 2.05) is 24.0 Å². The van der Waals surface area contributed by atoms with Gasteiger partial charge in [-0.2, -0.15) is 0 Å². The smallest absolute Gasteiger partial charge is 0.272 e. The first kappa shape index (κ1) is 19.2. The zero-order valence-electron chi connectivity index (χ0n) is 16.6. The van der Waals surface area contributed by atoms with Crippen LogP contribution in [0, 0.1) is 6.92 Å². The average Bonchev–Trinajstić information content (AvgIpc) is 3.20. The summed E-state index contributed by atoms with van der Waals surface area (Å²) in [5, 5.41) is 3.05. The molecule has 29 heavy (non-hydrogen) atoms. The zero-order valence-corrected chi connectivity index (χ0v) is 16.6. The molecule has 2 aliphatic heterocycles. The van der Waals surface area contributed by atoms with Gasteiger partial charge in [0.15, 0.2) is 11.5 Å². The molecule has 0 radical (unpaired) electrons. The predicted molar refractivity (Wildman–Crippen MR) is 109 cm³/mol. The summed E-state index contributed by atoms with van der Waals surface area (Å²) in [7, 11) is 0. The van der Waals surface area contributed by atoms with E-state index in [0.29, 0.717) is 31.3 Å². The number of nitrogens with one attached hydrogen (secondary N) is 1. The van der Waals surface area contributed by atoms with Crippen LogP contribution in [0.2, 0.25) is 0 Å². The van der Waals surface area contributed by atoms with Gasteiger partial charge in [-0.05, 0) is 30.7 Å². The van der Waals surface area contributed by atoms with E-state index in [4.69, 9.17) is 9.47 Å². The van der Waals surface area contributed by atoms with Crippen molar-refractivity contribution in [2.75, 3.05) is 44.8 Å². The lowest BCUT2D eigenvalue weighted by atomic mass is 10.1. The van der Waals surface area contributed by atoms with Crippen LogP contribution in [-0.4, -0.2) is 65.2 Å². The van der Waals surface area contributed by atoms with Crippen molar-refractivity contribution >= 4 is 11.9 Å². The average molecular weight is 395 g/mol. The van der Waals surface area contributed by atoms with Crippen LogP contribution in [0.1, 0.15) is 21.7 Å². The molecule has 1 amide bonds. The second-order valence-corrected chi connectivity index (χ2v) is 7.14. The Hall–Kier alpha value is -3.13. The van der Waals surface area contributed by atoms with Crippen molar-refractivity contribution in [3.63, 3.8) is 0 Å². The molecule has 2 aliphatic rings. The summed E-state index contributed by atoms with van der Waals surface area (Å²) >= 11 is 0. The van der Waals surface area contributed by atoms with E-state index in [2.05, 4.69) is 32.8 Å². The van der Waals surface area contributed by atoms with Gasteiger partial charge in [0.05, 0.1) is 0 Å². The zero-order chi connectivity index (χ0) is 20.2. The van der Waals surface area contributed by atoms with Crippen molar-refractivity contribution in [3.05, 3.63) is 53.9 Å². The summed E-state index contributed by atoms with van der Waals surface area (Å²) in [6, 6.07) is 7.78. The normalized spacial score (nSPS) is 16.0. The number of aryl methyl sites for hydroxylation is 1. The highest BCUT2D eigenvalue weighted by atomic mass is 16.7. The Morgan fingerprint density at radius 2 is 1.97 bits per heavy atom. The number of carbonyl (C=O) groups is 1. The molecule has 1 fully saturated rings. The number of fused-ring (bicyclic) bond motifs is 1. The van der Waals surface area contributed by atoms with Gasteiger partial charge in [0.25, 0.3) is 5.91 Å². The van der Waals surface area contributed by atoms with E-state index in [1.165, 1.54) is 5.56 Å². The third-order valence-electron chi connectivity index (χ3n) is 4.98. The summed E-state index contributed by atoms with van der Waals surface area (Å²) in [5.74, 6) is 2.00. The number of amides is 1. The Balaban J connectivity index is 1.35. The lowest BCUT2D eigenvalue weighted by molar-refractivity contribution is 0.0622. The van der Waals surface area contributed by atoms with Crippen LogP contribution in [0.15, 0.2) is 36.9 Å². The largest absolute Gasteiger partial charge is 0.454 e. The third kappa shape index (κ3) is 4.48. The Labute approximate surface area is 170 Å². The molecule has 8 heteroatoms. The molecular formula is C21H25N5O3. The number of rotatable bonds is 6. The van der Waals surface area contributed by atoms with Crippen molar-refractivity contribution in [3.8, 4) is 11.5 Å². The number of anilines is 1. The van der Waals surface area contributed by atoms with E-state index in [9.17, 15) is 4.79 Å². The first-order chi connectivity index (χ1) is 14.1. The SMILES string of the molecule is C=CCNc1nc(C)cc(C(=O)N2CCN(Cc3ccc4c(c3)OCO4)CC2)n1. The maximum absolute atomic E-state index is 12.9. The Morgan fingerprint density at radius 1 is 1.17 bits per heavy atom. The summed E-state index contributed by atoms with van der Waals surface area (Å²) in [4.78, 5) is 25.8. The number of hydrogen-bond donors (Lipinski definition) is 1. The van der Waals surface area contributed by atoms with Crippen molar-refractivity contribution < 1.29 is 14.3 Å². The lowest BCUT2D eigenvalue weighted by Crippen LogP contribution is -2.48. The molecule has 1 aromatic heterocycles. The first-order valence-electron chi connectivity index (χ1n) is 9.73. The Kier molecular flexibility index (Phi) is 5.62. The molecule has 0 spiro atoms. The molecule has 3 heterocycles. The van der Waals surface area contributed by atoms with Crippen LogP contribution < -0.4 is 14.8 Å². The predicted octanol–water partition coefficient (Wildman–Crippen LogP) is 2.07. The number of piperazine rings is 1. The van der Waals surface area contributed by atoms with Gasteiger partial charge in [0.1, 0.15) is 5.69 Å². The van der Waals surface area contributed by atoms with Gasteiger partial charge in [-0.25, -0.2) is 9.97 Å². The topological polar surface area (TPSA) is 79.8 Å². The van der Waals surface area contributed by atoms with E-state index in [-0.39, 0.29) is 12.7 Å². The van der Waals surface area contributed by atoms with Crippen molar-refractivity contribution in [2.45, 2.75) is 13.5 Å². The molecular weight excluding hydrogens is 370 g/mol. The fourth-order valence-electron chi connectivity index (χ4n) is 3.49. The molecule has 0 aliphatic carbocycles. The molecule has 0 unspecified atom stereocenters. The molecule has 4 rings (SSSR count). The van der Waals surface area contributed by atoms with Crippen LogP contribution in [-0.2, 0) is 6.54 Å². The molecule has 1 N–H and O–H groups in total. The molecule has 0 bridgehead atoms. The summed E-state index contributed by atoms with van der Waals surface area (Å²) < 4.78 is 10.8. The summed E-state index contributed by atoms with van der Waals surface area (Å²) in [6.45, 7) is 10.1. The maximum Gasteiger partial charge on any atom is 0.272 e. The van der Waals surface area contributed by atoms with E-state index in [1.54, 1.807) is 12.1 Å². The third-order valence-corrected chi connectivity index (χ3v) is 4.98. The van der Waals surface area contributed by atoms with Gasteiger partial charge in [-0.3, -0.25) is 9.69 Å². The second-order valence-electron chi connectivity index (χ2n) is 7.14. The number of nitrogens with zero attached hydrogens (tertiary/aromatic N) is 4. The fourth-order valence-corrected chi connectivity index (χ4v) is 3.49. The molecule has 1 aromatic carbocycles. The standard InChI is InChI=1S/C21H25N5O3/c1-3-6-22-21-23-15(2)11-17(24-21)20(27)26-9-7-25(8-10-26)13-16-4-5-18-19(12-16)29-14-28-18/h3-5,11-12H,1,6-10,13-14H2,2H3,(H,22,23,24). The number of carbonyl (C=O) groups excluding carboxylic acids is 1. The van der Waals surface area contributed by atoms with Crippen LogP contribution >= 0.6 is 0 Å². The number of aromatic nitrogens is 2. The van der Waals surface area contributed by atoms with Gasteiger partial charge in [0.2, 0.25) is 12.7 Å². The summed E-state index contributed by atoms with van der Waals surface area (Å²) in [5.41, 5.74) is 2.36. The maximum atomic E-state index is 12.9. The minimum Gasteiger partial charge on any atom is -0.454 e. The molecule has 2 aromatic rings. The molecule has 1 saturated heterocycles. The van der Waals surface area contributed by atoms with Crippen LogP contribution in [0.25, 0.3) is 0 Å². The minimum absolute atomic E-state index is 0.0557. The fraction of sp³-hybridized carbons (Fsp3) is 0.381. The van der Waals surface area contributed by atoms with Crippen LogP contribution in [0.4, 0.5) is 5.95 Å². The van der Waals surface area contributed by atoms with Gasteiger partial charge in [-0.15, -0.1) is 6.58 Å². The number of hydrogen-bond acceptors (Lipinski definition) is 7. The molecule has 0 atom stereocenters. The molecule has 152 valence electrons. The van der Waals surface area contributed by atoms with Gasteiger partial charge < -0.3 is 19.7 Å². The Morgan fingerprint density at radius 3 is 2.76 bits per heavy atom. The van der Waals surface area contributed by atoms with Gasteiger partial charge >= 0.3 is 0 Å². The monoisotopic (exact) mass is 395 g/mol. The van der Waals surface area contributed by atoms with Gasteiger partial charge in [-0.1, -0.05) is 12.1 Å². The Bertz CT molecular complexity index is 909. The van der Waals surface area contributed by atoms with Crippen LogP contribution in [0.5, 0.6) is 11.5 Å². The quantitative estimate of drug-likeness (QED) is 0.750. The summed E-state index contributed by atoms with van der Waals surface area (Å²) in [6.07, 6.45) is 1.73. The molecule has 8 nitrogen and oxygen atoms in total. The second kappa shape index (κ2) is 8.48.